The summed E-state index contributed by atoms with van der Waals surface area (Å²) in [6.07, 6.45) is 5.82. The van der Waals surface area contributed by atoms with E-state index in [0.29, 0.717) is 19.6 Å². The first-order valence-electron chi connectivity index (χ1n) is 12.7. The second kappa shape index (κ2) is 14.0. The van der Waals surface area contributed by atoms with Crippen molar-refractivity contribution in [2.45, 2.75) is 38.6 Å². The van der Waals surface area contributed by atoms with E-state index in [0.717, 1.165) is 72.6 Å². The van der Waals surface area contributed by atoms with E-state index < -0.39 is 0 Å². The number of carbonyl (C=O) groups excluding carboxylic acids is 1. The number of nitrogens with zero attached hydrogens (tertiary/aromatic N) is 2. The summed E-state index contributed by atoms with van der Waals surface area (Å²) in [5.41, 5.74) is 5.67. The van der Waals surface area contributed by atoms with Crippen molar-refractivity contribution < 1.29 is 14.7 Å². The minimum absolute atomic E-state index is 0.320. The summed E-state index contributed by atoms with van der Waals surface area (Å²) >= 11 is 0. The second-order valence-electron chi connectivity index (χ2n) is 8.83. The van der Waals surface area contributed by atoms with E-state index >= 15 is 0 Å². The van der Waals surface area contributed by atoms with E-state index in [1.807, 2.05) is 42.5 Å². The highest BCUT2D eigenvalue weighted by Gasteiger charge is 2.10. The van der Waals surface area contributed by atoms with Gasteiger partial charge in [-0.05, 0) is 60.8 Å². The summed E-state index contributed by atoms with van der Waals surface area (Å²) in [6, 6.07) is 20.3. The number of rotatable bonds is 15. The first kappa shape index (κ1) is 26.1. The molecule has 2 aromatic heterocycles. The van der Waals surface area contributed by atoms with Crippen LogP contribution in [0.4, 0.5) is 5.82 Å². The van der Waals surface area contributed by atoms with Gasteiger partial charge in [0, 0.05) is 25.2 Å². The lowest BCUT2D eigenvalue weighted by Gasteiger charge is -2.08. The number of benzene rings is 2. The molecule has 0 saturated heterocycles. The highest BCUT2D eigenvalue weighted by molar-refractivity contribution is 5.91. The third-order valence-corrected chi connectivity index (χ3v) is 6.07. The van der Waals surface area contributed by atoms with Gasteiger partial charge in [0.1, 0.15) is 30.1 Å². The monoisotopic (exact) mass is 502 g/mol. The fourth-order valence-corrected chi connectivity index (χ4v) is 4.06. The molecule has 0 aliphatic heterocycles. The summed E-state index contributed by atoms with van der Waals surface area (Å²) in [7, 11) is 0. The molecule has 37 heavy (non-hydrogen) atoms. The summed E-state index contributed by atoms with van der Waals surface area (Å²) < 4.78 is 5.86. The minimum atomic E-state index is -0.320. The Kier molecular flexibility index (Phi) is 9.85. The Hall–Kier alpha value is -3.95. The van der Waals surface area contributed by atoms with Gasteiger partial charge in [-0.1, -0.05) is 43.2 Å². The van der Waals surface area contributed by atoms with Crippen LogP contribution in [0.1, 0.15) is 37.7 Å². The van der Waals surface area contributed by atoms with Crippen LogP contribution in [-0.2, 0) is 11.3 Å². The number of aromatic nitrogens is 3. The lowest BCUT2D eigenvalue weighted by molar-refractivity contribution is -0.129. The maximum Gasteiger partial charge on any atom is 0.243 e. The Bertz CT molecular complexity index is 1240. The zero-order valence-electron chi connectivity index (χ0n) is 20.9. The summed E-state index contributed by atoms with van der Waals surface area (Å²) in [5, 5.41) is 16.2. The molecule has 0 aliphatic carbocycles. The summed E-state index contributed by atoms with van der Waals surface area (Å²) in [4.78, 5) is 23.2. The SMILES string of the molecule is O=C(CCCCCCNCCOc1ccc(-c2cc3c(NCc4ccccc4)ncnc3[nH]2)cc1)NO. The first-order valence-corrected chi connectivity index (χ1v) is 12.7. The molecular weight excluding hydrogens is 468 g/mol. The van der Waals surface area contributed by atoms with Crippen molar-refractivity contribution in [1.82, 2.24) is 25.7 Å². The number of carbonyl (C=O) groups is 1. The second-order valence-corrected chi connectivity index (χ2v) is 8.83. The normalized spacial score (nSPS) is 10.9. The third-order valence-electron chi connectivity index (χ3n) is 6.07. The Labute approximate surface area is 216 Å². The number of ether oxygens (including phenoxy) is 1. The van der Waals surface area contributed by atoms with Gasteiger partial charge in [-0.2, -0.15) is 0 Å². The number of amides is 1. The van der Waals surface area contributed by atoms with Crippen LogP contribution >= 0.6 is 0 Å². The lowest BCUT2D eigenvalue weighted by atomic mass is 10.1. The van der Waals surface area contributed by atoms with Crippen LogP contribution in [0.3, 0.4) is 0 Å². The zero-order valence-corrected chi connectivity index (χ0v) is 20.9. The summed E-state index contributed by atoms with van der Waals surface area (Å²) in [6.45, 7) is 2.97. The largest absolute Gasteiger partial charge is 0.492 e. The van der Waals surface area contributed by atoms with Crippen molar-refractivity contribution in [3.05, 3.63) is 72.6 Å². The molecule has 0 atom stereocenters. The van der Waals surface area contributed by atoms with Gasteiger partial charge in [0.2, 0.25) is 5.91 Å². The van der Waals surface area contributed by atoms with Gasteiger partial charge in [0.15, 0.2) is 0 Å². The van der Waals surface area contributed by atoms with Crippen LogP contribution in [0.5, 0.6) is 5.75 Å². The van der Waals surface area contributed by atoms with Crippen molar-refractivity contribution in [1.29, 1.82) is 0 Å². The topological polar surface area (TPSA) is 124 Å². The molecule has 9 nitrogen and oxygen atoms in total. The molecule has 0 unspecified atom stereocenters. The van der Waals surface area contributed by atoms with Crippen molar-refractivity contribution >= 4 is 22.8 Å². The van der Waals surface area contributed by atoms with E-state index in [-0.39, 0.29) is 5.91 Å². The Morgan fingerprint density at radius 1 is 0.946 bits per heavy atom. The molecule has 0 fully saturated rings. The van der Waals surface area contributed by atoms with Crippen LogP contribution in [0.25, 0.3) is 22.3 Å². The Morgan fingerprint density at radius 2 is 1.76 bits per heavy atom. The Morgan fingerprint density at radius 3 is 2.57 bits per heavy atom. The maximum atomic E-state index is 10.9. The molecule has 0 radical (unpaired) electrons. The number of H-pyrrole nitrogens is 1. The molecule has 0 aliphatic rings. The maximum absolute atomic E-state index is 10.9. The van der Waals surface area contributed by atoms with Gasteiger partial charge in [-0.15, -0.1) is 0 Å². The molecular formula is C28H34N6O3. The number of nitrogens with one attached hydrogen (secondary N) is 4. The molecule has 194 valence electrons. The molecule has 4 aromatic rings. The minimum Gasteiger partial charge on any atom is -0.492 e. The number of hydrogen-bond acceptors (Lipinski definition) is 7. The van der Waals surface area contributed by atoms with Gasteiger partial charge in [-0.3, -0.25) is 10.0 Å². The van der Waals surface area contributed by atoms with Gasteiger partial charge in [0.25, 0.3) is 0 Å². The van der Waals surface area contributed by atoms with E-state index in [2.05, 4.69) is 43.8 Å². The average Bonchev–Trinajstić information content (AvgIpc) is 3.39. The van der Waals surface area contributed by atoms with Crippen molar-refractivity contribution in [3.63, 3.8) is 0 Å². The number of unbranched alkanes of at least 4 members (excludes halogenated alkanes) is 3. The zero-order chi connectivity index (χ0) is 25.7. The lowest BCUT2D eigenvalue weighted by Crippen LogP contribution is -2.22. The number of aromatic amines is 1. The van der Waals surface area contributed by atoms with Gasteiger partial charge >= 0.3 is 0 Å². The standard InChI is InChI=1S/C28H34N6O3/c35-26(34-36)10-6-1-2-7-15-29-16-17-37-23-13-11-22(12-14-23)25-18-24-27(31-20-32-28(24)33-25)30-19-21-8-4-3-5-9-21/h3-5,8-9,11-14,18,20,29,36H,1-2,6-7,10,15-17,19H2,(H,34,35)(H2,30,31,32,33). The van der Waals surface area contributed by atoms with Gasteiger partial charge < -0.3 is 20.4 Å². The summed E-state index contributed by atoms with van der Waals surface area (Å²) in [5.74, 6) is 1.31. The smallest absolute Gasteiger partial charge is 0.243 e. The predicted octanol–water partition coefficient (Wildman–Crippen LogP) is 4.66. The first-order chi connectivity index (χ1) is 18.2. The van der Waals surface area contributed by atoms with Crippen LogP contribution in [0.2, 0.25) is 0 Å². The van der Waals surface area contributed by atoms with E-state index in [1.54, 1.807) is 11.8 Å². The molecule has 5 N–H and O–H groups in total. The number of hydrogen-bond donors (Lipinski definition) is 5. The van der Waals surface area contributed by atoms with Crippen LogP contribution < -0.4 is 20.9 Å². The van der Waals surface area contributed by atoms with Gasteiger partial charge in [0.05, 0.1) is 5.39 Å². The fraction of sp³-hybridized carbons (Fsp3) is 0.321. The van der Waals surface area contributed by atoms with Crippen LogP contribution in [0.15, 0.2) is 67.0 Å². The van der Waals surface area contributed by atoms with Crippen molar-refractivity contribution in [2.24, 2.45) is 0 Å². The molecule has 0 saturated carbocycles. The van der Waals surface area contributed by atoms with E-state index in [9.17, 15) is 4.79 Å². The van der Waals surface area contributed by atoms with E-state index in [1.165, 1.54) is 5.56 Å². The van der Waals surface area contributed by atoms with Crippen LogP contribution in [-0.4, -0.2) is 45.8 Å². The molecule has 0 spiro atoms. The average molecular weight is 503 g/mol. The van der Waals surface area contributed by atoms with Crippen molar-refractivity contribution in [2.75, 3.05) is 25.0 Å². The fourth-order valence-electron chi connectivity index (χ4n) is 4.06. The van der Waals surface area contributed by atoms with Crippen molar-refractivity contribution in [3.8, 4) is 17.0 Å². The molecule has 4 rings (SSSR count). The Balaban J connectivity index is 1.20. The molecule has 1 amide bonds. The van der Waals surface area contributed by atoms with Crippen LogP contribution in [0, 0.1) is 0 Å². The van der Waals surface area contributed by atoms with Gasteiger partial charge in [-0.25, -0.2) is 15.4 Å². The molecule has 2 aromatic carbocycles. The predicted molar refractivity (Wildman–Crippen MR) is 144 cm³/mol. The highest BCUT2D eigenvalue weighted by atomic mass is 16.5. The number of anilines is 1. The highest BCUT2D eigenvalue weighted by Crippen LogP contribution is 2.28. The molecule has 2 heterocycles. The number of fused-ring (bicyclic) bond motifs is 1. The quantitative estimate of drug-likeness (QED) is 0.0910. The molecule has 9 heteroatoms. The molecule has 0 bridgehead atoms. The third kappa shape index (κ3) is 8.03. The number of hydroxylamine groups is 1. The van der Waals surface area contributed by atoms with E-state index in [4.69, 9.17) is 9.94 Å².